The van der Waals surface area contributed by atoms with Crippen molar-refractivity contribution in [2.75, 3.05) is 30.8 Å². The number of benzene rings is 2. The van der Waals surface area contributed by atoms with Gasteiger partial charge in [-0.2, -0.15) is 0 Å². The summed E-state index contributed by atoms with van der Waals surface area (Å²) < 4.78 is 31.5. The fourth-order valence-electron chi connectivity index (χ4n) is 3.59. The monoisotopic (exact) mass is 534 g/mol. The highest BCUT2D eigenvalue weighted by molar-refractivity contribution is 7.92. The minimum atomic E-state index is -4.08. The zero-order chi connectivity index (χ0) is 27.8. The molecule has 12 heteroatoms. The van der Waals surface area contributed by atoms with E-state index in [-0.39, 0.29) is 29.6 Å². The topological polar surface area (TPSA) is 139 Å². The van der Waals surface area contributed by atoms with Crippen LogP contribution in [0.15, 0.2) is 42.5 Å². The Morgan fingerprint density at radius 1 is 1.16 bits per heavy atom. The van der Waals surface area contributed by atoms with Crippen molar-refractivity contribution in [3.05, 3.63) is 63.7 Å². The number of nitrogens with one attached hydrogen (secondary N) is 1. The number of nitrogens with zero attached hydrogens (tertiary/aromatic N) is 3. The molecule has 2 amide bonds. The second kappa shape index (κ2) is 13.0. The summed E-state index contributed by atoms with van der Waals surface area (Å²) in [7, 11) is -2.79. The molecule has 202 valence electrons. The van der Waals surface area contributed by atoms with Gasteiger partial charge in [0.15, 0.2) is 0 Å². The number of non-ortho nitro benzene ring substituents is 1. The minimum absolute atomic E-state index is 0.0410. The van der Waals surface area contributed by atoms with E-state index in [1.807, 2.05) is 38.1 Å². The first-order chi connectivity index (χ1) is 17.4. The average Bonchev–Trinajstić information content (AvgIpc) is 2.85. The third-order valence-corrected chi connectivity index (χ3v) is 6.92. The number of unbranched alkanes of at least 4 members (excludes halogenated alkanes) is 1. The van der Waals surface area contributed by atoms with Gasteiger partial charge in [0.05, 0.1) is 18.3 Å². The Hall–Kier alpha value is -3.67. The van der Waals surface area contributed by atoms with Crippen LogP contribution >= 0.6 is 0 Å². The number of sulfonamides is 1. The lowest BCUT2D eigenvalue weighted by Gasteiger charge is -2.31. The van der Waals surface area contributed by atoms with E-state index in [2.05, 4.69) is 5.32 Å². The molecule has 0 saturated heterocycles. The van der Waals surface area contributed by atoms with E-state index in [0.717, 1.165) is 40.6 Å². The maximum atomic E-state index is 13.6. The van der Waals surface area contributed by atoms with Crippen molar-refractivity contribution in [3.63, 3.8) is 0 Å². The van der Waals surface area contributed by atoms with Crippen LogP contribution in [0.5, 0.6) is 5.75 Å². The Bertz CT molecular complexity index is 1220. The Balaban J connectivity index is 2.47. The van der Waals surface area contributed by atoms with Gasteiger partial charge in [-0.3, -0.25) is 24.0 Å². The van der Waals surface area contributed by atoms with Gasteiger partial charge in [-0.25, -0.2) is 8.42 Å². The Morgan fingerprint density at radius 3 is 2.35 bits per heavy atom. The third-order valence-electron chi connectivity index (χ3n) is 5.79. The first kappa shape index (κ1) is 29.6. The lowest BCUT2D eigenvalue weighted by Crippen LogP contribution is -2.51. The fourth-order valence-corrected chi connectivity index (χ4v) is 4.44. The molecule has 0 aliphatic carbocycles. The van der Waals surface area contributed by atoms with Gasteiger partial charge >= 0.3 is 0 Å². The molecule has 2 aromatic rings. The van der Waals surface area contributed by atoms with Gasteiger partial charge in [-0.15, -0.1) is 0 Å². The zero-order valence-electron chi connectivity index (χ0n) is 21.8. The molecule has 0 aliphatic heterocycles. The summed E-state index contributed by atoms with van der Waals surface area (Å²) in [6.45, 7) is 5.32. The van der Waals surface area contributed by atoms with Crippen molar-refractivity contribution in [2.24, 2.45) is 0 Å². The van der Waals surface area contributed by atoms with Crippen LogP contribution in [0.4, 0.5) is 11.4 Å². The number of methoxy groups -OCH3 is 1. The van der Waals surface area contributed by atoms with Gasteiger partial charge in [-0.05, 0) is 31.9 Å². The Kier molecular flexibility index (Phi) is 10.4. The largest absolute Gasteiger partial charge is 0.495 e. The highest BCUT2D eigenvalue weighted by Gasteiger charge is 2.32. The number of aryl methyl sites for hydroxylation is 1. The normalized spacial score (nSPS) is 11.9. The number of carbonyl (C=O) groups is 2. The molecule has 0 fully saturated rings. The number of hydrogen-bond acceptors (Lipinski definition) is 7. The summed E-state index contributed by atoms with van der Waals surface area (Å²) in [6.07, 6.45) is 2.55. The maximum absolute atomic E-state index is 13.6. The molecule has 1 N–H and O–H groups in total. The highest BCUT2D eigenvalue weighted by Crippen LogP contribution is 2.33. The Labute approximate surface area is 217 Å². The van der Waals surface area contributed by atoms with Crippen molar-refractivity contribution in [1.82, 2.24) is 10.2 Å². The number of rotatable bonds is 13. The zero-order valence-corrected chi connectivity index (χ0v) is 22.6. The van der Waals surface area contributed by atoms with E-state index >= 15 is 0 Å². The molecule has 0 bridgehead atoms. The predicted molar refractivity (Wildman–Crippen MR) is 141 cm³/mol. The van der Waals surface area contributed by atoms with E-state index in [1.165, 1.54) is 24.1 Å². The van der Waals surface area contributed by atoms with Crippen molar-refractivity contribution < 1.29 is 27.7 Å². The number of hydrogen-bond donors (Lipinski definition) is 1. The van der Waals surface area contributed by atoms with Gasteiger partial charge < -0.3 is 15.0 Å². The summed E-state index contributed by atoms with van der Waals surface area (Å²) in [5, 5.41) is 14.1. The second-order valence-electron chi connectivity index (χ2n) is 8.71. The van der Waals surface area contributed by atoms with Crippen molar-refractivity contribution in [2.45, 2.75) is 46.2 Å². The molecule has 1 atom stereocenters. The molecule has 2 rings (SSSR count). The van der Waals surface area contributed by atoms with Crippen molar-refractivity contribution >= 4 is 33.2 Å². The number of ether oxygens (including phenoxy) is 1. The van der Waals surface area contributed by atoms with Crippen LogP contribution in [0.25, 0.3) is 0 Å². The number of nitro benzene ring substituents is 1. The van der Waals surface area contributed by atoms with Crippen molar-refractivity contribution in [1.29, 1.82) is 0 Å². The lowest BCUT2D eigenvalue weighted by molar-refractivity contribution is -0.384. The molecule has 0 aromatic heterocycles. The number of anilines is 1. The maximum Gasteiger partial charge on any atom is 0.271 e. The van der Waals surface area contributed by atoms with Crippen LogP contribution in [0.2, 0.25) is 0 Å². The Morgan fingerprint density at radius 2 is 1.81 bits per heavy atom. The molecule has 0 radical (unpaired) electrons. The molecule has 0 spiro atoms. The van der Waals surface area contributed by atoms with Crippen LogP contribution in [0, 0.1) is 17.0 Å². The van der Waals surface area contributed by atoms with Gasteiger partial charge in [0.1, 0.15) is 24.0 Å². The van der Waals surface area contributed by atoms with Crippen LogP contribution in [-0.2, 0) is 26.2 Å². The predicted octanol–water partition coefficient (Wildman–Crippen LogP) is 3.01. The summed E-state index contributed by atoms with van der Waals surface area (Å²) >= 11 is 0. The molecule has 1 unspecified atom stereocenters. The summed E-state index contributed by atoms with van der Waals surface area (Å²) in [5.41, 5.74) is 1.26. The van der Waals surface area contributed by atoms with E-state index < -0.39 is 33.4 Å². The minimum Gasteiger partial charge on any atom is -0.495 e. The second-order valence-corrected chi connectivity index (χ2v) is 10.6. The van der Waals surface area contributed by atoms with Crippen LogP contribution < -0.4 is 14.4 Å². The molecule has 0 aliphatic rings. The van der Waals surface area contributed by atoms with Crippen LogP contribution in [0.1, 0.15) is 37.8 Å². The molecule has 11 nitrogen and oxygen atoms in total. The van der Waals surface area contributed by atoms with E-state index in [1.54, 1.807) is 6.92 Å². The molecule has 37 heavy (non-hydrogen) atoms. The first-order valence-electron chi connectivity index (χ1n) is 11.8. The summed E-state index contributed by atoms with van der Waals surface area (Å²) in [6, 6.07) is 9.99. The van der Waals surface area contributed by atoms with Crippen LogP contribution in [0.3, 0.4) is 0 Å². The third kappa shape index (κ3) is 8.17. The number of carbonyl (C=O) groups excluding carboxylic acids is 2. The van der Waals surface area contributed by atoms with Gasteiger partial charge in [0.2, 0.25) is 21.8 Å². The standard InChI is InChI=1S/C25H34N4O7S/c1-6-7-14-26-25(31)19(3)27(16-20-10-8-18(2)9-11-20)24(30)17-28(37(5,34)35)22-15-21(29(32)33)12-13-23(22)36-4/h8-13,15,19H,6-7,14,16-17H2,1-5H3,(H,26,31). The molecular weight excluding hydrogens is 500 g/mol. The van der Waals surface area contributed by atoms with Crippen LogP contribution in [-0.4, -0.2) is 62.6 Å². The van der Waals surface area contributed by atoms with E-state index in [4.69, 9.17) is 4.74 Å². The number of nitro groups is 1. The van der Waals surface area contributed by atoms with Gasteiger partial charge in [0.25, 0.3) is 5.69 Å². The fraction of sp³-hybridized carbons (Fsp3) is 0.440. The first-order valence-corrected chi connectivity index (χ1v) is 13.7. The molecule has 2 aromatic carbocycles. The highest BCUT2D eigenvalue weighted by atomic mass is 32.2. The summed E-state index contributed by atoms with van der Waals surface area (Å²) in [5.74, 6) is -0.982. The summed E-state index contributed by atoms with van der Waals surface area (Å²) in [4.78, 5) is 38.4. The molecule has 0 saturated carbocycles. The van der Waals surface area contributed by atoms with E-state index in [9.17, 15) is 28.1 Å². The smallest absolute Gasteiger partial charge is 0.271 e. The average molecular weight is 535 g/mol. The lowest BCUT2D eigenvalue weighted by atomic mass is 10.1. The number of amides is 2. The van der Waals surface area contributed by atoms with Crippen molar-refractivity contribution in [3.8, 4) is 5.75 Å². The molecular formula is C25H34N4O7S. The van der Waals surface area contributed by atoms with Gasteiger partial charge in [-0.1, -0.05) is 43.2 Å². The van der Waals surface area contributed by atoms with Gasteiger partial charge in [0, 0.05) is 25.2 Å². The molecule has 0 heterocycles. The SMILES string of the molecule is CCCCNC(=O)C(C)N(Cc1ccc(C)cc1)C(=O)CN(c1cc([N+](=O)[O-])ccc1OC)S(C)(=O)=O. The van der Waals surface area contributed by atoms with E-state index in [0.29, 0.717) is 6.54 Å². The quantitative estimate of drug-likeness (QED) is 0.237.